The predicted molar refractivity (Wildman–Crippen MR) is 61.9 cm³/mol. The number of nitrogens with zero attached hydrogens (tertiary/aromatic N) is 2. The highest BCUT2D eigenvalue weighted by Gasteiger charge is 2.10. The van der Waals surface area contributed by atoms with Gasteiger partial charge in [-0.2, -0.15) is 0 Å². The van der Waals surface area contributed by atoms with Gasteiger partial charge < -0.3 is 16.2 Å². The molecule has 6 nitrogen and oxygen atoms in total. The third kappa shape index (κ3) is 2.49. The molecule has 0 spiro atoms. The van der Waals surface area contributed by atoms with E-state index in [-0.39, 0.29) is 17.3 Å². The van der Waals surface area contributed by atoms with Crippen LogP contribution >= 0.6 is 0 Å². The SMILES string of the molecule is NC(=O)c1nccnc1Nc1cccc(O)c1. The van der Waals surface area contributed by atoms with Crippen molar-refractivity contribution in [2.24, 2.45) is 5.73 Å². The van der Waals surface area contributed by atoms with Crippen LogP contribution in [-0.2, 0) is 0 Å². The Morgan fingerprint density at radius 1 is 1.29 bits per heavy atom. The molecule has 0 aliphatic carbocycles. The van der Waals surface area contributed by atoms with Crippen molar-refractivity contribution in [3.05, 3.63) is 42.4 Å². The monoisotopic (exact) mass is 230 g/mol. The van der Waals surface area contributed by atoms with Gasteiger partial charge in [0.1, 0.15) is 5.75 Å². The van der Waals surface area contributed by atoms with Crippen LogP contribution in [-0.4, -0.2) is 21.0 Å². The second-order valence-corrected chi connectivity index (χ2v) is 3.29. The van der Waals surface area contributed by atoms with E-state index in [1.54, 1.807) is 12.1 Å². The normalized spacial score (nSPS) is 9.88. The quantitative estimate of drug-likeness (QED) is 0.730. The van der Waals surface area contributed by atoms with Crippen LogP contribution in [0.4, 0.5) is 11.5 Å². The summed E-state index contributed by atoms with van der Waals surface area (Å²) in [6.45, 7) is 0. The van der Waals surface area contributed by atoms with E-state index in [1.807, 2.05) is 0 Å². The molecule has 0 aliphatic rings. The van der Waals surface area contributed by atoms with Gasteiger partial charge >= 0.3 is 0 Å². The largest absolute Gasteiger partial charge is 0.508 e. The van der Waals surface area contributed by atoms with Crippen LogP contribution in [0.1, 0.15) is 10.5 Å². The topological polar surface area (TPSA) is 101 Å². The Balaban J connectivity index is 2.33. The number of carbonyl (C=O) groups excluding carboxylic acids is 1. The van der Waals surface area contributed by atoms with Crippen molar-refractivity contribution in [1.82, 2.24) is 9.97 Å². The Labute approximate surface area is 97.1 Å². The lowest BCUT2D eigenvalue weighted by Crippen LogP contribution is -2.16. The molecule has 1 amide bonds. The fraction of sp³-hybridized carbons (Fsp3) is 0. The number of aromatic hydroxyl groups is 1. The summed E-state index contributed by atoms with van der Waals surface area (Å²) in [6.07, 6.45) is 2.82. The molecule has 0 aliphatic heterocycles. The molecule has 1 aromatic heterocycles. The molecule has 4 N–H and O–H groups in total. The number of aromatic nitrogens is 2. The molecule has 0 saturated heterocycles. The Kier molecular flexibility index (Phi) is 2.87. The zero-order valence-electron chi connectivity index (χ0n) is 8.79. The molecule has 1 aromatic carbocycles. The van der Waals surface area contributed by atoms with Crippen molar-refractivity contribution >= 4 is 17.4 Å². The average Bonchev–Trinajstić information content (AvgIpc) is 2.29. The smallest absolute Gasteiger partial charge is 0.271 e. The highest BCUT2D eigenvalue weighted by molar-refractivity contribution is 5.96. The fourth-order valence-corrected chi connectivity index (χ4v) is 1.33. The number of benzene rings is 1. The molecule has 0 bridgehead atoms. The zero-order valence-corrected chi connectivity index (χ0v) is 8.79. The predicted octanol–water partition coefficient (Wildman–Crippen LogP) is 1.02. The van der Waals surface area contributed by atoms with E-state index in [2.05, 4.69) is 15.3 Å². The lowest BCUT2D eigenvalue weighted by molar-refractivity contribution is 0.0996. The van der Waals surface area contributed by atoms with Crippen LogP contribution in [0.3, 0.4) is 0 Å². The highest BCUT2D eigenvalue weighted by Crippen LogP contribution is 2.20. The van der Waals surface area contributed by atoms with E-state index in [0.29, 0.717) is 5.69 Å². The molecule has 2 aromatic rings. The van der Waals surface area contributed by atoms with E-state index in [0.717, 1.165) is 0 Å². The summed E-state index contributed by atoms with van der Waals surface area (Å²) < 4.78 is 0. The van der Waals surface area contributed by atoms with Crippen LogP contribution in [0.5, 0.6) is 5.75 Å². The molecule has 2 rings (SSSR count). The van der Waals surface area contributed by atoms with Crippen molar-refractivity contribution < 1.29 is 9.90 Å². The van der Waals surface area contributed by atoms with Crippen LogP contribution in [0.2, 0.25) is 0 Å². The van der Waals surface area contributed by atoms with E-state index >= 15 is 0 Å². The summed E-state index contributed by atoms with van der Waals surface area (Å²) in [4.78, 5) is 18.9. The Morgan fingerprint density at radius 3 is 2.76 bits per heavy atom. The number of nitrogens with two attached hydrogens (primary N) is 1. The van der Waals surface area contributed by atoms with Crippen LogP contribution < -0.4 is 11.1 Å². The minimum absolute atomic E-state index is 0.0517. The van der Waals surface area contributed by atoms with Gasteiger partial charge in [-0.25, -0.2) is 9.97 Å². The number of carbonyl (C=O) groups is 1. The van der Waals surface area contributed by atoms with Crippen molar-refractivity contribution in [2.75, 3.05) is 5.32 Å². The maximum Gasteiger partial charge on any atom is 0.271 e. The third-order valence-corrected chi connectivity index (χ3v) is 2.04. The second-order valence-electron chi connectivity index (χ2n) is 3.29. The maximum atomic E-state index is 11.1. The fourth-order valence-electron chi connectivity index (χ4n) is 1.33. The first kappa shape index (κ1) is 10.9. The summed E-state index contributed by atoms with van der Waals surface area (Å²) in [5, 5.41) is 12.2. The summed E-state index contributed by atoms with van der Waals surface area (Å²) >= 11 is 0. The molecule has 0 atom stereocenters. The average molecular weight is 230 g/mol. The first-order valence-electron chi connectivity index (χ1n) is 4.83. The third-order valence-electron chi connectivity index (χ3n) is 2.04. The van der Waals surface area contributed by atoms with Gasteiger partial charge in [0.15, 0.2) is 11.5 Å². The highest BCUT2D eigenvalue weighted by atomic mass is 16.3. The molecule has 0 fully saturated rings. The molecule has 1 heterocycles. The first-order chi connectivity index (χ1) is 8.16. The number of nitrogens with one attached hydrogen (secondary N) is 1. The Morgan fingerprint density at radius 2 is 2.06 bits per heavy atom. The van der Waals surface area contributed by atoms with E-state index in [9.17, 15) is 9.90 Å². The van der Waals surface area contributed by atoms with Gasteiger partial charge in [0, 0.05) is 24.1 Å². The minimum Gasteiger partial charge on any atom is -0.508 e. The standard InChI is InChI=1S/C11H10N4O2/c12-10(17)9-11(14-5-4-13-9)15-7-2-1-3-8(16)6-7/h1-6,16H,(H2,12,17)(H,14,15). The number of hydrogen-bond acceptors (Lipinski definition) is 5. The van der Waals surface area contributed by atoms with Crippen molar-refractivity contribution in [2.45, 2.75) is 0 Å². The summed E-state index contributed by atoms with van der Waals surface area (Å²) in [5.41, 5.74) is 5.81. The van der Waals surface area contributed by atoms with Gasteiger partial charge in [-0.3, -0.25) is 4.79 Å². The van der Waals surface area contributed by atoms with Crippen LogP contribution in [0.25, 0.3) is 0 Å². The number of phenolic OH excluding ortho intramolecular Hbond substituents is 1. The molecule has 17 heavy (non-hydrogen) atoms. The second kappa shape index (κ2) is 4.48. The zero-order chi connectivity index (χ0) is 12.3. The van der Waals surface area contributed by atoms with Gasteiger partial charge in [0.25, 0.3) is 5.91 Å². The number of hydrogen-bond donors (Lipinski definition) is 3. The van der Waals surface area contributed by atoms with Crippen molar-refractivity contribution in [1.29, 1.82) is 0 Å². The molecule has 0 unspecified atom stereocenters. The number of rotatable bonds is 3. The maximum absolute atomic E-state index is 11.1. The Hall–Kier alpha value is -2.63. The Bertz CT molecular complexity index is 557. The summed E-state index contributed by atoms with van der Waals surface area (Å²) in [6, 6.07) is 6.42. The van der Waals surface area contributed by atoms with E-state index in [4.69, 9.17) is 5.73 Å². The van der Waals surface area contributed by atoms with Gasteiger partial charge in [-0.05, 0) is 12.1 Å². The minimum atomic E-state index is -0.666. The number of phenols is 1. The lowest BCUT2D eigenvalue weighted by Gasteiger charge is -2.07. The van der Waals surface area contributed by atoms with Gasteiger partial charge in [0.05, 0.1) is 0 Å². The van der Waals surface area contributed by atoms with Gasteiger partial charge in [-0.15, -0.1) is 0 Å². The van der Waals surface area contributed by atoms with Gasteiger partial charge in [0.2, 0.25) is 0 Å². The number of anilines is 2. The first-order valence-corrected chi connectivity index (χ1v) is 4.83. The molecule has 86 valence electrons. The number of amides is 1. The summed E-state index contributed by atoms with van der Waals surface area (Å²) in [7, 11) is 0. The molecule has 0 radical (unpaired) electrons. The summed E-state index contributed by atoms with van der Waals surface area (Å²) in [5.74, 6) is -0.300. The molecular formula is C11H10N4O2. The van der Waals surface area contributed by atoms with Gasteiger partial charge in [-0.1, -0.05) is 6.07 Å². The lowest BCUT2D eigenvalue weighted by atomic mass is 10.3. The van der Waals surface area contributed by atoms with Crippen LogP contribution in [0.15, 0.2) is 36.7 Å². The van der Waals surface area contributed by atoms with E-state index < -0.39 is 5.91 Å². The molecular weight excluding hydrogens is 220 g/mol. The molecule has 6 heteroatoms. The van der Waals surface area contributed by atoms with Crippen molar-refractivity contribution in [3.63, 3.8) is 0 Å². The number of primary amides is 1. The van der Waals surface area contributed by atoms with Crippen LogP contribution in [0, 0.1) is 0 Å². The molecule has 0 saturated carbocycles. The van der Waals surface area contributed by atoms with Crippen molar-refractivity contribution in [3.8, 4) is 5.75 Å². The van der Waals surface area contributed by atoms with E-state index in [1.165, 1.54) is 24.5 Å².